The minimum atomic E-state index is -0.842. The van der Waals surface area contributed by atoms with Crippen LogP contribution in [-0.2, 0) is 4.79 Å². The van der Waals surface area contributed by atoms with E-state index in [-0.39, 0.29) is 27.4 Å². The van der Waals surface area contributed by atoms with Gasteiger partial charge in [-0.2, -0.15) is 10.1 Å². The highest BCUT2D eigenvalue weighted by molar-refractivity contribution is 6.37. The van der Waals surface area contributed by atoms with Crippen LogP contribution in [0.2, 0.25) is 10.0 Å². The van der Waals surface area contributed by atoms with Crippen LogP contribution in [0.15, 0.2) is 46.4 Å². The smallest absolute Gasteiger partial charge is 0.349 e. The van der Waals surface area contributed by atoms with E-state index in [1.807, 2.05) is 0 Å². The summed E-state index contributed by atoms with van der Waals surface area (Å²) in [5.41, 5.74) is 1.48. The maximum Gasteiger partial charge on any atom is 0.349 e. The number of carbonyl (C=O) groups excluding carboxylic acids is 2. The first-order valence-electron chi connectivity index (χ1n) is 8.97. The lowest BCUT2D eigenvalue weighted by Crippen LogP contribution is -2.39. The monoisotopic (exact) mass is 474 g/mol. The van der Waals surface area contributed by atoms with Crippen molar-refractivity contribution in [3.63, 3.8) is 0 Å². The Morgan fingerprint density at radius 1 is 1.22 bits per heavy atom. The van der Waals surface area contributed by atoms with Gasteiger partial charge in [-0.05, 0) is 36.8 Å². The predicted molar refractivity (Wildman–Crippen MR) is 121 cm³/mol. The van der Waals surface area contributed by atoms with Crippen molar-refractivity contribution < 1.29 is 14.3 Å². The van der Waals surface area contributed by atoms with Gasteiger partial charge in [-0.3, -0.25) is 19.9 Å². The zero-order valence-electron chi connectivity index (χ0n) is 16.8. The lowest BCUT2D eigenvalue weighted by molar-refractivity contribution is -0.117. The van der Waals surface area contributed by atoms with Gasteiger partial charge in [0, 0.05) is 31.6 Å². The lowest BCUT2D eigenvalue weighted by atomic mass is 10.1. The van der Waals surface area contributed by atoms with Crippen molar-refractivity contribution in [3.8, 4) is 22.8 Å². The minimum absolute atomic E-state index is 0.0154. The molecule has 2 heterocycles. The molecule has 2 N–H and O–H groups in total. The standard InChI is InChI=1S/C20H16Cl2N6O4/c1-10-6-12(4-5-24-10)14-9-17(30)26-27-19(14)32-18-15(21)7-13(8-16(18)22)28(23-3)20(31)25-11(2)29/h4-9H,3H2,1-2H3,(H,26,30)(H,25,29,31). The van der Waals surface area contributed by atoms with Gasteiger partial charge < -0.3 is 4.74 Å². The van der Waals surface area contributed by atoms with Gasteiger partial charge >= 0.3 is 6.03 Å². The fourth-order valence-corrected chi connectivity index (χ4v) is 3.27. The van der Waals surface area contributed by atoms with Crippen LogP contribution < -0.4 is 20.6 Å². The Morgan fingerprint density at radius 3 is 2.50 bits per heavy atom. The highest BCUT2D eigenvalue weighted by Gasteiger charge is 2.21. The number of aromatic amines is 1. The number of anilines is 1. The summed E-state index contributed by atoms with van der Waals surface area (Å²) in [5.74, 6) is -0.511. The maximum absolute atomic E-state index is 12.1. The molecule has 0 fully saturated rings. The number of H-pyrrole nitrogens is 1. The van der Waals surface area contributed by atoms with Crippen molar-refractivity contribution in [1.82, 2.24) is 20.5 Å². The van der Waals surface area contributed by atoms with E-state index in [0.717, 1.165) is 10.7 Å². The van der Waals surface area contributed by atoms with Gasteiger partial charge in [-0.25, -0.2) is 9.89 Å². The lowest BCUT2D eigenvalue weighted by Gasteiger charge is -2.18. The second kappa shape index (κ2) is 9.58. The Hall–Kier alpha value is -3.76. The largest absolute Gasteiger partial charge is 0.434 e. The molecule has 0 aliphatic carbocycles. The molecule has 0 aliphatic heterocycles. The van der Waals surface area contributed by atoms with E-state index in [0.29, 0.717) is 11.1 Å². The number of urea groups is 1. The molecule has 0 spiro atoms. The van der Waals surface area contributed by atoms with Gasteiger partial charge in [0.15, 0.2) is 5.75 Å². The zero-order chi connectivity index (χ0) is 23.4. The highest BCUT2D eigenvalue weighted by atomic mass is 35.5. The first kappa shape index (κ1) is 22.9. The molecule has 0 atom stereocenters. The van der Waals surface area contributed by atoms with Gasteiger partial charge in [0.25, 0.3) is 5.56 Å². The van der Waals surface area contributed by atoms with Gasteiger partial charge in [-0.15, -0.1) is 5.10 Å². The van der Waals surface area contributed by atoms with Crippen molar-refractivity contribution in [1.29, 1.82) is 0 Å². The third-order valence-corrected chi connectivity index (χ3v) is 4.59. The van der Waals surface area contributed by atoms with Crippen molar-refractivity contribution in [2.75, 3.05) is 5.01 Å². The summed E-state index contributed by atoms with van der Waals surface area (Å²) in [6.07, 6.45) is 1.59. The number of hydrogen-bond donors (Lipinski definition) is 2. The molecule has 3 amide bonds. The molecule has 0 saturated heterocycles. The number of benzene rings is 1. The molecule has 164 valence electrons. The van der Waals surface area contributed by atoms with Gasteiger partial charge in [0.05, 0.1) is 21.3 Å². The van der Waals surface area contributed by atoms with E-state index in [9.17, 15) is 14.4 Å². The molecular formula is C20H16Cl2N6O4. The molecule has 3 rings (SSSR count). The number of hydrogen-bond acceptors (Lipinski definition) is 7. The summed E-state index contributed by atoms with van der Waals surface area (Å²) in [7, 11) is 0. The number of rotatable bonds is 5. The molecule has 0 bridgehead atoms. The first-order chi connectivity index (χ1) is 15.2. The highest BCUT2D eigenvalue weighted by Crippen LogP contribution is 2.41. The average molecular weight is 475 g/mol. The van der Waals surface area contributed by atoms with E-state index in [1.54, 1.807) is 25.3 Å². The number of imide groups is 1. The normalized spacial score (nSPS) is 10.4. The predicted octanol–water partition coefficient (Wildman–Crippen LogP) is 3.92. The maximum atomic E-state index is 12.1. The third-order valence-electron chi connectivity index (χ3n) is 4.02. The molecule has 32 heavy (non-hydrogen) atoms. The summed E-state index contributed by atoms with van der Waals surface area (Å²) >= 11 is 12.7. The topological polar surface area (TPSA) is 130 Å². The van der Waals surface area contributed by atoms with Crippen LogP contribution in [0.3, 0.4) is 0 Å². The number of pyridine rings is 1. The zero-order valence-corrected chi connectivity index (χ0v) is 18.4. The summed E-state index contributed by atoms with van der Waals surface area (Å²) in [4.78, 5) is 39.3. The molecule has 2 aromatic heterocycles. The number of amides is 3. The molecule has 10 nitrogen and oxygen atoms in total. The van der Waals surface area contributed by atoms with E-state index in [2.05, 4.69) is 32.3 Å². The number of nitrogens with one attached hydrogen (secondary N) is 2. The average Bonchev–Trinajstić information content (AvgIpc) is 2.71. The van der Waals surface area contributed by atoms with Crippen LogP contribution in [0.1, 0.15) is 12.6 Å². The minimum Gasteiger partial charge on any atom is -0.434 e. The van der Waals surface area contributed by atoms with Crippen LogP contribution in [0.5, 0.6) is 11.6 Å². The Kier molecular flexibility index (Phi) is 6.86. The summed E-state index contributed by atoms with van der Waals surface area (Å²) < 4.78 is 5.83. The number of aromatic nitrogens is 3. The molecule has 0 aliphatic rings. The van der Waals surface area contributed by atoms with Crippen molar-refractivity contribution in [2.45, 2.75) is 13.8 Å². The van der Waals surface area contributed by atoms with Gasteiger partial charge in [0.1, 0.15) is 0 Å². The van der Waals surface area contributed by atoms with Crippen molar-refractivity contribution >= 4 is 47.5 Å². The number of nitrogens with zero attached hydrogens (tertiary/aromatic N) is 4. The van der Waals surface area contributed by atoms with Crippen molar-refractivity contribution in [3.05, 3.63) is 62.6 Å². The molecular weight excluding hydrogens is 459 g/mol. The van der Waals surface area contributed by atoms with Crippen LogP contribution in [0.4, 0.5) is 10.5 Å². The van der Waals surface area contributed by atoms with E-state index >= 15 is 0 Å². The number of hydrazone groups is 1. The molecule has 0 saturated carbocycles. The van der Waals surface area contributed by atoms with Gasteiger partial charge in [-0.1, -0.05) is 23.2 Å². The SMILES string of the molecule is C=NN(C(=O)NC(C)=O)c1cc(Cl)c(Oc2n[nH]c(=O)cc2-c2ccnc(C)c2)c(Cl)c1. The Bertz CT molecular complexity index is 1250. The van der Waals surface area contributed by atoms with Crippen LogP contribution >= 0.6 is 23.2 Å². The molecule has 12 heteroatoms. The number of carbonyl (C=O) groups is 2. The number of ether oxygens (including phenoxy) is 1. The van der Waals surface area contributed by atoms with E-state index in [4.69, 9.17) is 27.9 Å². The summed E-state index contributed by atoms with van der Waals surface area (Å²) in [5, 5.41) is 12.8. The first-order valence-corrected chi connectivity index (χ1v) is 9.73. The second-order valence-corrected chi connectivity index (χ2v) is 7.23. The second-order valence-electron chi connectivity index (χ2n) is 6.42. The van der Waals surface area contributed by atoms with Crippen LogP contribution in [0.25, 0.3) is 11.1 Å². The summed E-state index contributed by atoms with van der Waals surface area (Å²) in [6, 6.07) is 6.63. The molecule has 3 aromatic rings. The van der Waals surface area contributed by atoms with E-state index < -0.39 is 17.5 Å². The molecule has 0 unspecified atom stereocenters. The molecule has 1 aromatic carbocycles. The van der Waals surface area contributed by atoms with Gasteiger partial charge in [0.2, 0.25) is 11.8 Å². The molecule has 0 radical (unpaired) electrons. The van der Waals surface area contributed by atoms with Crippen LogP contribution in [0, 0.1) is 6.92 Å². The summed E-state index contributed by atoms with van der Waals surface area (Å²) in [6.45, 7) is 6.29. The fourth-order valence-electron chi connectivity index (χ4n) is 2.72. The van der Waals surface area contributed by atoms with Crippen molar-refractivity contribution in [2.24, 2.45) is 5.10 Å². The fraction of sp³-hybridized carbons (Fsp3) is 0.100. The Labute approximate surface area is 191 Å². The van der Waals surface area contributed by atoms with E-state index in [1.165, 1.54) is 25.1 Å². The van der Waals surface area contributed by atoms with Crippen LogP contribution in [-0.4, -0.2) is 33.8 Å². The quantitative estimate of drug-likeness (QED) is 0.425. The number of aryl methyl sites for hydroxylation is 1. The Balaban J connectivity index is 2.01. The Morgan fingerprint density at radius 2 is 1.91 bits per heavy atom. The number of halogens is 2. The third kappa shape index (κ3) is 5.10.